The van der Waals surface area contributed by atoms with Crippen LogP contribution in [0.4, 0.5) is 5.69 Å². The number of para-hydroxylation sites is 4. The van der Waals surface area contributed by atoms with Crippen molar-refractivity contribution in [1.82, 2.24) is 9.13 Å². The number of rotatable bonds is 4. The average Bonchev–Trinajstić information content (AvgIpc) is 3.93. The van der Waals surface area contributed by atoms with Gasteiger partial charge >= 0.3 is 0 Å². The molecule has 0 atom stereocenters. The number of allylic oxidation sites excluding steroid dienone is 6. The molecule has 3 aromatic heterocycles. The molecule has 0 spiro atoms. The van der Waals surface area contributed by atoms with E-state index in [1.807, 2.05) is 18.2 Å². The number of benzene rings is 7. The second kappa shape index (κ2) is 13.6. The highest BCUT2D eigenvalue weighted by Crippen LogP contribution is 2.46. The molecule has 0 saturated heterocycles. The lowest BCUT2D eigenvalue weighted by atomic mass is 9.96. The van der Waals surface area contributed by atoms with Crippen molar-refractivity contribution in [3.8, 4) is 11.4 Å². The van der Waals surface area contributed by atoms with E-state index < -0.39 is 0 Å². The second-order valence-corrected chi connectivity index (χ2v) is 15.1. The molecule has 0 aliphatic carbocycles. The van der Waals surface area contributed by atoms with Gasteiger partial charge in [-0.25, -0.2) is 0 Å². The summed E-state index contributed by atoms with van der Waals surface area (Å²) < 4.78 is 11.6. The van der Waals surface area contributed by atoms with Gasteiger partial charge in [0.05, 0.1) is 27.5 Å². The largest absolute Gasteiger partial charge is 0.455 e. The van der Waals surface area contributed by atoms with Crippen molar-refractivity contribution >= 4 is 76.8 Å². The second-order valence-electron chi connectivity index (χ2n) is 15.1. The monoisotopic (exact) mass is 745 g/mol. The normalized spacial score (nSPS) is 16.1. The van der Waals surface area contributed by atoms with Gasteiger partial charge in [0.25, 0.3) is 0 Å². The smallest absolute Gasteiger partial charge is 0.145 e. The van der Waals surface area contributed by atoms with Gasteiger partial charge in [-0.3, -0.25) is 0 Å². The molecular weight excluding hydrogens is 707 g/mol. The highest BCUT2D eigenvalue weighted by Gasteiger charge is 2.24. The van der Waals surface area contributed by atoms with Gasteiger partial charge in [-0.2, -0.15) is 0 Å². The Balaban J connectivity index is 1.22. The van der Waals surface area contributed by atoms with Crippen molar-refractivity contribution in [2.45, 2.75) is 6.42 Å². The van der Waals surface area contributed by atoms with Crippen LogP contribution in [0, 0.1) is 0 Å². The van der Waals surface area contributed by atoms with Crippen LogP contribution < -0.4 is 4.90 Å². The molecule has 0 saturated carbocycles. The summed E-state index contributed by atoms with van der Waals surface area (Å²) in [7, 11) is 0. The van der Waals surface area contributed by atoms with E-state index >= 15 is 0 Å². The Hall–Kier alpha value is -7.56. The molecule has 7 aromatic carbocycles. The topological polar surface area (TPSA) is 26.2 Å². The SMILES string of the molecule is C=C1/C=C\C=C/N(c2ccccc2)CC/C(c2ccc3c(c2)c2c(ccc4c5c6oc7ccccc7c6ccc5n(-c5ccccc5)c42)n3-c2ccccc2)=C\C1=C. The molecule has 58 heavy (non-hydrogen) atoms. The minimum Gasteiger partial charge on any atom is -0.455 e. The summed E-state index contributed by atoms with van der Waals surface area (Å²) in [4.78, 5) is 2.31. The number of fused-ring (bicyclic) bond motifs is 11. The molecule has 0 fully saturated rings. The van der Waals surface area contributed by atoms with Gasteiger partial charge in [0.1, 0.15) is 11.2 Å². The van der Waals surface area contributed by atoms with Gasteiger partial charge in [-0.05, 0) is 114 Å². The van der Waals surface area contributed by atoms with Crippen molar-refractivity contribution in [2.24, 2.45) is 0 Å². The Morgan fingerprint density at radius 2 is 1.14 bits per heavy atom. The Morgan fingerprint density at radius 1 is 0.500 bits per heavy atom. The van der Waals surface area contributed by atoms with Crippen molar-refractivity contribution < 1.29 is 4.42 Å². The van der Waals surface area contributed by atoms with Gasteiger partial charge in [0.2, 0.25) is 0 Å². The quantitative estimate of drug-likeness (QED) is 0.179. The lowest BCUT2D eigenvalue weighted by Crippen LogP contribution is -2.17. The zero-order valence-electron chi connectivity index (χ0n) is 32.0. The maximum Gasteiger partial charge on any atom is 0.145 e. The van der Waals surface area contributed by atoms with E-state index in [9.17, 15) is 0 Å². The minimum absolute atomic E-state index is 0.795. The van der Waals surface area contributed by atoms with Gasteiger partial charge in [-0.1, -0.05) is 110 Å². The number of aromatic nitrogens is 2. The molecule has 0 unspecified atom stereocenters. The van der Waals surface area contributed by atoms with Gasteiger partial charge in [0, 0.05) is 56.7 Å². The van der Waals surface area contributed by atoms with Crippen molar-refractivity contribution in [1.29, 1.82) is 0 Å². The molecule has 11 rings (SSSR count). The van der Waals surface area contributed by atoms with Crippen LogP contribution in [0.1, 0.15) is 12.0 Å². The van der Waals surface area contributed by atoms with E-state index in [1.165, 1.54) is 16.3 Å². The first kappa shape index (κ1) is 33.8. The third-order valence-corrected chi connectivity index (χ3v) is 11.7. The molecular formula is C54H39N3O. The predicted molar refractivity (Wildman–Crippen MR) is 245 cm³/mol. The molecule has 4 heterocycles. The molecule has 1 aliphatic rings. The molecule has 0 amide bonds. The maximum atomic E-state index is 6.75. The van der Waals surface area contributed by atoms with Crippen LogP contribution in [0.3, 0.4) is 0 Å². The van der Waals surface area contributed by atoms with Gasteiger partial charge < -0.3 is 18.5 Å². The summed E-state index contributed by atoms with van der Waals surface area (Å²) in [6.45, 7) is 9.64. The van der Waals surface area contributed by atoms with E-state index in [0.717, 1.165) is 102 Å². The summed E-state index contributed by atoms with van der Waals surface area (Å²) in [6.07, 6.45) is 11.3. The van der Waals surface area contributed by atoms with Gasteiger partial charge in [0.15, 0.2) is 0 Å². The van der Waals surface area contributed by atoms with Crippen LogP contribution in [0.5, 0.6) is 0 Å². The number of nitrogens with zero attached hydrogens (tertiary/aromatic N) is 3. The Morgan fingerprint density at radius 3 is 1.90 bits per heavy atom. The molecule has 0 N–H and O–H groups in total. The fraction of sp³-hybridized carbons (Fsp3) is 0.0370. The highest BCUT2D eigenvalue weighted by atomic mass is 16.3. The predicted octanol–water partition coefficient (Wildman–Crippen LogP) is 14.3. The van der Waals surface area contributed by atoms with Crippen LogP contribution in [0.15, 0.2) is 217 Å². The third-order valence-electron chi connectivity index (χ3n) is 11.7. The van der Waals surface area contributed by atoms with Crippen LogP contribution in [0.25, 0.3) is 82.5 Å². The maximum absolute atomic E-state index is 6.75. The number of hydrogen-bond donors (Lipinski definition) is 0. The standard InChI is InChI=1S/C54H39N3O/c1-36-16-14-15-32-55(40-17-6-3-7-18-40)33-31-39(34-37(36)2)38-25-28-47-46(35-38)51-48(56(47)41-19-8-4-9-20-41)30-27-45-52-49(57(53(45)51)42-21-10-5-11-22-42)29-26-44-43-23-12-13-24-50(43)58-54(44)52/h3-30,32,34-35H,1-2,31,33H2/b16-14-,32-15-,39-34+. The van der Waals surface area contributed by atoms with E-state index in [-0.39, 0.29) is 0 Å². The molecule has 276 valence electrons. The fourth-order valence-electron chi connectivity index (χ4n) is 8.96. The zero-order valence-corrected chi connectivity index (χ0v) is 32.0. The van der Waals surface area contributed by atoms with E-state index in [0.29, 0.717) is 0 Å². The summed E-state index contributed by atoms with van der Waals surface area (Å²) in [6, 6.07) is 56.4. The Kier molecular flexibility index (Phi) is 7.90. The zero-order chi connectivity index (χ0) is 38.7. The third kappa shape index (κ3) is 5.37. The Labute approximate surface area is 336 Å². The van der Waals surface area contributed by atoms with E-state index in [1.54, 1.807) is 0 Å². The van der Waals surface area contributed by atoms with E-state index in [2.05, 4.69) is 197 Å². The number of furan rings is 1. The summed E-state index contributed by atoms with van der Waals surface area (Å²) in [5, 5.41) is 6.90. The number of anilines is 1. The summed E-state index contributed by atoms with van der Waals surface area (Å²) in [5.41, 5.74) is 13.9. The Bertz CT molecular complexity index is 3350. The van der Waals surface area contributed by atoms with Crippen LogP contribution in [0.2, 0.25) is 0 Å². The first-order valence-corrected chi connectivity index (χ1v) is 19.8. The first-order chi connectivity index (χ1) is 28.6. The minimum atomic E-state index is 0.795. The van der Waals surface area contributed by atoms with Crippen molar-refractivity contribution in [3.05, 3.63) is 218 Å². The average molecular weight is 746 g/mol. The summed E-state index contributed by atoms with van der Waals surface area (Å²) >= 11 is 0. The molecule has 1 aliphatic heterocycles. The van der Waals surface area contributed by atoms with Crippen molar-refractivity contribution in [3.63, 3.8) is 0 Å². The van der Waals surface area contributed by atoms with Crippen LogP contribution in [-0.4, -0.2) is 15.7 Å². The lowest BCUT2D eigenvalue weighted by Gasteiger charge is -2.21. The summed E-state index contributed by atoms with van der Waals surface area (Å²) in [5.74, 6) is 0. The van der Waals surface area contributed by atoms with Crippen LogP contribution >= 0.6 is 0 Å². The number of hydrogen-bond acceptors (Lipinski definition) is 2. The van der Waals surface area contributed by atoms with Crippen molar-refractivity contribution in [2.75, 3.05) is 11.4 Å². The van der Waals surface area contributed by atoms with Gasteiger partial charge in [-0.15, -0.1) is 0 Å². The molecule has 4 nitrogen and oxygen atoms in total. The first-order valence-electron chi connectivity index (χ1n) is 19.8. The molecule has 4 heteroatoms. The van der Waals surface area contributed by atoms with E-state index in [4.69, 9.17) is 4.42 Å². The van der Waals surface area contributed by atoms with Crippen LogP contribution in [-0.2, 0) is 0 Å². The fourth-order valence-corrected chi connectivity index (χ4v) is 8.96. The molecule has 0 radical (unpaired) electrons. The molecule has 10 aromatic rings. The highest BCUT2D eigenvalue weighted by molar-refractivity contribution is 6.31. The molecule has 0 bridgehead atoms. The lowest BCUT2D eigenvalue weighted by molar-refractivity contribution is 0.673.